The van der Waals surface area contributed by atoms with Crippen molar-refractivity contribution in [3.63, 3.8) is 0 Å². The molecular formula is C18H25NO5. The van der Waals surface area contributed by atoms with Crippen molar-refractivity contribution in [2.24, 2.45) is 0 Å². The lowest BCUT2D eigenvalue weighted by Gasteiger charge is -2.33. The number of carboxylic acids is 1. The summed E-state index contributed by atoms with van der Waals surface area (Å²) in [5, 5.41) is 9.05. The van der Waals surface area contributed by atoms with Crippen LogP contribution in [0.4, 0.5) is 0 Å². The van der Waals surface area contributed by atoms with Gasteiger partial charge in [0.05, 0.1) is 26.1 Å². The van der Waals surface area contributed by atoms with E-state index in [2.05, 4.69) is 0 Å². The van der Waals surface area contributed by atoms with Crippen molar-refractivity contribution in [2.75, 3.05) is 20.8 Å². The van der Waals surface area contributed by atoms with E-state index in [0.717, 1.165) is 18.4 Å². The van der Waals surface area contributed by atoms with Crippen LogP contribution in [-0.2, 0) is 15.0 Å². The number of carboxylic acid groups (broad SMARTS) is 1. The molecule has 1 N–H and O–H groups in total. The second-order valence-corrected chi connectivity index (χ2v) is 6.59. The van der Waals surface area contributed by atoms with E-state index in [4.69, 9.17) is 14.6 Å². The fourth-order valence-corrected chi connectivity index (χ4v) is 3.22. The second kappa shape index (κ2) is 7.11. The third kappa shape index (κ3) is 3.47. The average Bonchev–Trinajstić information content (AvgIpc) is 3.00. The number of hydrogen-bond donors (Lipinski definition) is 1. The van der Waals surface area contributed by atoms with Crippen LogP contribution in [-0.4, -0.2) is 48.7 Å². The van der Waals surface area contributed by atoms with Crippen molar-refractivity contribution in [1.29, 1.82) is 0 Å². The van der Waals surface area contributed by atoms with Gasteiger partial charge in [-0.05, 0) is 44.4 Å². The van der Waals surface area contributed by atoms with Crippen LogP contribution in [0, 0.1) is 0 Å². The van der Waals surface area contributed by atoms with Gasteiger partial charge < -0.3 is 19.5 Å². The molecule has 1 amide bonds. The third-order valence-corrected chi connectivity index (χ3v) is 4.69. The molecule has 24 heavy (non-hydrogen) atoms. The van der Waals surface area contributed by atoms with Gasteiger partial charge in [-0.1, -0.05) is 6.07 Å². The van der Waals surface area contributed by atoms with E-state index in [0.29, 0.717) is 18.0 Å². The van der Waals surface area contributed by atoms with Crippen LogP contribution in [0.1, 0.15) is 38.7 Å². The Hall–Kier alpha value is -2.24. The minimum absolute atomic E-state index is 0.00620. The van der Waals surface area contributed by atoms with Crippen molar-refractivity contribution in [3.05, 3.63) is 23.8 Å². The summed E-state index contributed by atoms with van der Waals surface area (Å²) in [6.07, 6.45) is 1.57. The van der Waals surface area contributed by atoms with Gasteiger partial charge in [-0.25, -0.2) is 0 Å². The maximum absolute atomic E-state index is 13.1. The van der Waals surface area contributed by atoms with Crippen molar-refractivity contribution in [2.45, 2.75) is 44.6 Å². The summed E-state index contributed by atoms with van der Waals surface area (Å²) >= 11 is 0. The van der Waals surface area contributed by atoms with Crippen LogP contribution in [0.25, 0.3) is 0 Å². The van der Waals surface area contributed by atoms with Gasteiger partial charge in [-0.15, -0.1) is 0 Å². The number of nitrogens with zero attached hydrogens (tertiary/aromatic N) is 1. The molecule has 1 unspecified atom stereocenters. The first-order chi connectivity index (χ1) is 11.3. The highest BCUT2D eigenvalue weighted by atomic mass is 16.5. The van der Waals surface area contributed by atoms with Crippen LogP contribution >= 0.6 is 0 Å². The van der Waals surface area contributed by atoms with Crippen LogP contribution in [0.5, 0.6) is 11.5 Å². The monoisotopic (exact) mass is 335 g/mol. The van der Waals surface area contributed by atoms with Gasteiger partial charge in [-0.2, -0.15) is 0 Å². The van der Waals surface area contributed by atoms with E-state index in [1.807, 2.05) is 19.9 Å². The molecular weight excluding hydrogens is 310 g/mol. The molecule has 1 aliphatic rings. The topological polar surface area (TPSA) is 76.1 Å². The molecule has 1 aliphatic heterocycles. The number of carbonyl (C=O) groups is 2. The maximum atomic E-state index is 13.1. The first-order valence-electron chi connectivity index (χ1n) is 8.06. The van der Waals surface area contributed by atoms with Gasteiger partial charge in [0.1, 0.15) is 0 Å². The molecule has 1 aromatic rings. The lowest BCUT2D eigenvalue weighted by molar-refractivity contribution is -0.141. The minimum atomic E-state index is -0.872. The molecule has 1 fully saturated rings. The van der Waals surface area contributed by atoms with Gasteiger partial charge >= 0.3 is 5.97 Å². The van der Waals surface area contributed by atoms with Crippen molar-refractivity contribution in [1.82, 2.24) is 4.90 Å². The van der Waals surface area contributed by atoms with Gasteiger partial charge in [0.25, 0.3) is 0 Å². The Morgan fingerprint density at radius 3 is 2.50 bits per heavy atom. The normalized spacial score (nSPS) is 17.7. The zero-order chi connectivity index (χ0) is 17.9. The zero-order valence-corrected chi connectivity index (χ0v) is 14.7. The summed E-state index contributed by atoms with van der Waals surface area (Å²) in [7, 11) is 3.12. The number of hydrogen-bond acceptors (Lipinski definition) is 4. The summed E-state index contributed by atoms with van der Waals surface area (Å²) in [5.74, 6) is 0.246. The molecule has 0 aromatic heterocycles. The van der Waals surface area contributed by atoms with Crippen LogP contribution in [0.15, 0.2) is 18.2 Å². The fraction of sp³-hybridized carbons (Fsp3) is 0.556. The number of ether oxygens (including phenoxy) is 2. The molecule has 1 aromatic carbocycles. The molecule has 132 valence electrons. The quantitative estimate of drug-likeness (QED) is 0.864. The number of methoxy groups -OCH3 is 2. The molecule has 0 radical (unpaired) electrons. The van der Waals surface area contributed by atoms with Crippen molar-refractivity contribution >= 4 is 11.9 Å². The second-order valence-electron chi connectivity index (χ2n) is 6.59. The third-order valence-electron chi connectivity index (χ3n) is 4.69. The summed E-state index contributed by atoms with van der Waals surface area (Å²) in [6.45, 7) is 4.31. The molecule has 6 nitrogen and oxygen atoms in total. The number of rotatable bonds is 6. The summed E-state index contributed by atoms with van der Waals surface area (Å²) in [5.41, 5.74) is 0.0341. The fourth-order valence-electron chi connectivity index (χ4n) is 3.22. The van der Waals surface area contributed by atoms with Crippen LogP contribution in [0.3, 0.4) is 0 Å². The molecule has 1 atom stereocenters. The number of carbonyl (C=O) groups excluding carboxylic acids is 1. The maximum Gasteiger partial charge on any atom is 0.305 e. The molecule has 0 aliphatic carbocycles. The summed E-state index contributed by atoms with van der Waals surface area (Å²) < 4.78 is 10.6. The minimum Gasteiger partial charge on any atom is -0.493 e. The number of likely N-dealkylation sites (tertiary alicyclic amines) is 1. The van der Waals surface area contributed by atoms with Crippen LogP contribution in [0.2, 0.25) is 0 Å². The van der Waals surface area contributed by atoms with E-state index < -0.39 is 11.4 Å². The highest BCUT2D eigenvalue weighted by Gasteiger charge is 2.39. The molecule has 6 heteroatoms. The number of amides is 1. The summed E-state index contributed by atoms with van der Waals surface area (Å²) in [6, 6.07) is 5.21. The molecule has 0 saturated carbocycles. The predicted molar refractivity (Wildman–Crippen MR) is 89.6 cm³/mol. The Morgan fingerprint density at radius 2 is 1.92 bits per heavy atom. The molecule has 2 rings (SSSR count). The predicted octanol–water partition coefficient (Wildman–Crippen LogP) is 2.45. The Morgan fingerprint density at radius 1 is 1.25 bits per heavy atom. The van der Waals surface area contributed by atoms with Gasteiger partial charge in [0.2, 0.25) is 5.91 Å². The van der Waals surface area contributed by atoms with Gasteiger partial charge in [0.15, 0.2) is 11.5 Å². The number of aliphatic carboxylic acids is 1. The first-order valence-corrected chi connectivity index (χ1v) is 8.06. The average molecular weight is 335 g/mol. The van der Waals surface area contributed by atoms with E-state index in [-0.39, 0.29) is 18.4 Å². The van der Waals surface area contributed by atoms with E-state index in [1.165, 1.54) is 0 Å². The summed E-state index contributed by atoms with van der Waals surface area (Å²) in [4.78, 5) is 25.8. The highest BCUT2D eigenvalue weighted by molar-refractivity contribution is 5.88. The Bertz CT molecular complexity index is 626. The standard InChI is InChI=1S/C18H25NO5/c1-18(2,12-7-8-14(23-3)15(10-12)24-4)17(22)19-9-5-6-13(19)11-16(20)21/h7-8,10,13H,5-6,9,11H2,1-4H3,(H,20,21). The highest BCUT2D eigenvalue weighted by Crippen LogP contribution is 2.35. The van der Waals surface area contributed by atoms with Gasteiger partial charge in [-0.3, -0.25) is 9.59 Å². The molecule has 0 bridgehead atoms. The van der Waals surface area contributed by atoms with Gasteiger partial charge in [0, 0.05) is 12.6 Å². The Kier molecular flexibility index (Phi) is 5.36. The SMILES string of the molecule is COc1ccc(C(C)(C)C(=O)N2CCCC2CC(=O)O)cc1OC. The lowest BCUT2D eigenvalue weighted by atomic mass is 9.82. The van der Waals surface area contributed by atoms with Crippen LogP contribution < -0.4 is 9.47 Å². The largest absolute Gasteiger partial charge is 0.493 e. The zero-order valence-electron chi connectivity index (χ0n) is 14.7. The van der Waals surface area contributed by atoms with E-state index >= 15 is 0 Å². The first kappa shape index (κ1) is 18.1. The lowest BCUT2D eigenvalue weighted by Crippen LogP contribution is -2.46. The Balaban J connectivity index is 2.28. The van der Waals surface area contributed by atoms with Crippen molar-refractivity contribution < 1.29 is 24.2 Å². The Labute approximate surface area is 142 Å². The van der Waals surface area contributed by atoms with E-state index in [9.17, 15) is 9.59 Å². The van der Waals surface area contributed by atoms with Crippen molar-refractivity contribution in [3.8, 4) is 11.5 Å². The number of benzene rings is 1. The molecule has 1 heterocycles. The van der Waals surface area contributed by atoms with E-state index in [1.54, 1.807) is 31.3 Å². The molecule has 0 spiro atoms. The molecule has 1 saturated heterocycles. The smallest absolute Gasteiger partial charge is 0.305 e.